The van der Waals surface area contributed by atoms with E-state index in [4.69, 9.17) is 0 Å². The van der Waals surface area contributed by atoms with Crippen molar-refractivity contribution in [1.82, 2.24) is 9.80 Å². The van der Waals surface area contributed by atoms with E-state index in [0.29, 0.717) is 12.6 Å². The first-order valence-electron chi connectivity index (χ1n) is 9.77. The lowest BCUT2D eigenvalue weighted by Gasteiger charge is -2.25. The van der Waals surface area contributed by atoms with E-state index < -0.39 is 0 Å². The first-order valence-corrected chi connectivity index (χ1v) is 9.77. The van der Waals surface area contributed by atoms with Crippen LogP contribution in [0.4, 0.5) is 5.69 Å². The number of aryl methyl sites for hydroxylation is 1. The molecular formula is C21H29N3O3. The van der Waals surface area contributed by atoms with Crippen molar-refractivity contribution in [2.75, 3.05) is 25.5 Å². The minimum Gasteiger partial charge on any atom is -0.339 e. The molecule has 0 bridgehead atoms. The van der Waals surface area contributed by atoms with Gasteiger partial charge in [0.1, 0.15) is 0 Å². The Balaban J connectivity index is 1.55. The highest BCUT2D eigenvalue weighted by molar-refractivity contribution is 5.96. The molecule has 146 valence electrons. The van der Waals surface area contributed by atoms with Crippen LogP contribution in [0.5, 0.6) is 0 Å². The zero-order valence-electron chi connectivity index (χ0n) is 16.5. The summed E-state index contributed by atoms with van der Waals surface area (Å²) in [4.78, 5) is 40.7. The van der Waals surface area contributed by atoms with Gasteiger partial charge < -0.3 is 15.1 Å². The number of benzene rings is 1. The molecule has 1 aliphatic carbocycles. The predicted molar refractivity (Wildman–Crippen MR) is 104 cm³/mol. The summed E-state index contributed by atoms with van der Waals surface area (Å²) < 4.78 is 0. The van der Waals surface area contributed by atoms with Crippen LogP contribution in [0.1, 0.15) is 43.2 Å². The Kier molecular flexibility index (Phi) is 5.82. The monoisotopic (exact) mass is 371 g/mol. The van der Waals surface area contributed by atoms with Crippen LogP contribution in [-0.2, 0) is 14.4 Å². The van der Waals surface area contributed by atoms with Crippen LogP contribution in [-0.4, -0.2) is 53.7 Å². The smallest absolute Gasteiger partial charge is 0.243 e. The van der Waals surface area contributed by atoms with Crippen LogP contribution in [0.2, 0.25) is 0 Å². The number of likely N-dealkylation sites (tertiary alicyclic amines) is 1. The molecule has 2 fully saturated rings. The normalized spacial score (nSPS) is 20.2. The van der Waals surface area contributed by atoms with Gasteiger partial charge in [-0.2, -0.15) is 0 Å². The molecule has 1 atom stereocenters. The molecule has 6 nitrogen and oxygen atoms in total. The van der Waals surface area contributed by atoms with Gasteiger partial charge in [-0.3, -0.25) is 14.4 Å². The highest BCUT2D eigenvalue weighted by atomic mass is 16.2. The molecule has 1 aromatic carbocycles. The van der Waals surface area contributed by atoms with Gasteiger partial charge >= 0.3 is 0 Å². The molecule has 2 aliphatic rings. The summed E-state index contributed by atoms with van der Waals surface area (Å²) in [5.41, 5.74) is 2.89. The van der Waals surface area contributed by atoms with Crippen molar-refractivity contribution in [2.24, 2.45) is 5.92 Å². The molecule has 1 aromatic rings. The molecular weight excluding hydrogens is 342 g/mol. The lowest BCUT2D eigenvalue weighted by atomic mass is 10.1. The van der Waals surface area contributed by atoms with Gasteiger partial charge in [-0.05, 0) is 43.9 Å². The van der Waals surface area contributed by atoms with Crippen molar-refractivity contribution in [1.29, 1.82) is 0 Å². The lowest BCUT2D eigenvalue weighted by molar-refractivity contribution is -0.137. The molecule has 1 heterocycles. The van der Waals surface area contributed by atoms with Crippen LogP contribution >= 0.6 is 0 Å². The number of amides is 3. The maximum Gasteiger partial charge on any atom is 0.243 e. The van der Waals surface area contributed by atoms with Crippen molar-refractivity contribution < 1.29 is 14.4 Å². The van der Waals surface area contributed by atoms with Gasteiger partial charge in [-0.15, -0.1) is 0 Å². The topological polar surface area (TPSA) is 69.7 Å². The number of nitrogens with one attached hydrogen (secondary N) is 1. The van der Waals surface area contributed by atoms with Gasteiger partial charge in [-0.25, -0.2) is 0 Å². The maximum atomic E-state index is 12.7. The molecule has 0 radical (unpaired) electrons. The second kappa shape index (κ2) is 8.11. The Labute approximate surface area is 160 Å². The number of hydrogen-bond acceptors (Lipinski definition) is 3. The molecule has 1 saturated carbocycles. The second-order valence-electron chi connectivity index (χ2n) is 7.88. The average Bonchev–Trinajstić information content (AvgIpc) is 3.27. The fourth-order valence-corrected chi connectivity index (χ4v) is 4.15. The maximum absolute atomic E-state index is 12.7. The van der Waals surface area contributed by atoms with Crippen molar-refractivity contribution in [3.05, 3.63) is 29.3 Å². The zero-order chi connectivity index (χ0) is 19.6. The fourth-order valence-electron chi connectivity index (χ4n) is 4.15. The van der Waals surface area contributed by atoms with Crippen LogP contribution < -0.4 is 5.32 Å². The van der Waals surface area contributed by atoms with Gasteiger partial charge in [-0.1, -0.05) is 25.0 Å². The third-order valence-electron chi connectivity index (χ3n) is 5.91. The third kappa shape index (κ3) is 4.31. The fraction of sp³-hybridized carbons (Fsp3) is 0.571. The van der Waals surface area contributed by atoms with E-state index in [2.05, 4.69) is 5.32 Å². The Morgan fingerprint density at radius 2 is 1.93 bits per heavy atom. The van der Waals surface area contributed by atoms with Crippen LogP contribution in [0.3, 0.4) is 0 Å². The van der Waals surface area contributed by atoms with E-state index in [1.165, 1.54) is 4.90 Å². The summed E-state index contributed by atoms with van der Waals surface area (Å²) >= 11 is 0. The molecule has 1 saturated heterocycles. The number of rotatable bonds is 5. The third-order valence-corrected chi connectivity index (χ3v) is 5.91. The van der Waals surface area contributed by atoms with Gasteiger partial charge in [0.25, 0.3) is 0 Å². The minimum absolute atomic E-state index is 0.0136. The second-order valence-corrected chi connectivity index (χ2v) is 7.88. The summed E-state index contributed by atoms with van der Waals surface area (Å²) in [6.07, 6.45) is 4.66. The first kappa shape index (κ1) is 19.4. The number of nitrogens with zero attached hydrogens (tertiary/aromatic N) is 2. The number of likely N-dealkylation sites (N-methyl/N-ethyl adjacent to an activating group) is 1. The standard InChI is InChI=1S/C21H29N3O3/c1-14-7-6-10-18(15(14)2)22-19(25)13-23(3)21(27)16-11-20(26)24(12-16)17-8-4-5-9-17/h6-7,10,16-17H,4-5,8-9,11-13H2,1-3H3,(H,22,25). The molecule has 27 heavy (non-hydrogen) atoms. The van der Waals surface area contributed by atoms with Crippen molar-refractivity contribution in [3.8, 4) is 0 Å². The van der Waals surface area contributed by atoms with Crippen molar-refractivity contribution in [3.63, 3.8) is 0 Å². The molecule has 3 rings (SSSR count). The summed E-state index contributed by atoms with van der Waals surface area (Å²) in [6.45, 7) is 4.43. The van der Waals surface area contributed by atoms with Crippen LogP contribution in [0, 0.1) is 19.8 Å². The van der Waals surface area contributed by atoms with E-state index in [1.807, 2.05) is 36.9 Å². The highest BCUT2D eigenvalue weighted by Gasteiger charge is 2.39. The van der Waals surface area contributed by atoms with E-state index in [-0.39, 0.29) is 36.6 Å². The largest absolute Gasteiger partial charge is 0.339 e. The molecule has 6 heteroatoms. The molecule has 1 N–H and O–H groups in total. The summed E-state index contributed by atoms with van der Waals surface area (Å²) in [5.74, 6) is -0.610. The van der Waals surface area contributed by atoms with E-state index in [9.17, 15) is 14.4 Å². The predicted octanol–water partition coefficient (Wildman–Crippen LogP) is 2.49. The molecule has 0 aromatic heterocycles. The molecule has 1 unspecified atom stereocenters. The highest BCUT2D eigenvalue weighted by Crippen LogP contribution is 2.30. The van der Waals surface area contributed by atoms with Crippen LogP contribution in [0.15, 0.2) is 18.2 Å². The number of carbonyl (C=O) groups is 3. The lowest BCUT2D eigenvalue weighted by Crippen LogP contribution is -2.40. The Morgan fingerprint density at radius 1 is 1.22 bits per heavy atom. The van der Waals surface area contributed by atoms with E-state index >= 15 is 0 Å². The Hall–Kier alpha value is -2.37. The number of hydrogen-bond donors (Lipinski definition) is 1. The zero-order valence-corrected chi connectivity index (χ0v) is 16.5. The van der Waals surface area contributed by atoms with Gasteiger partial charge in [0.15, 0.2) is 0 Å². The number of carbonyl (C=O) groups excluding carboxylic acids is 3. The van der Waals surface area contributed by atoms with Crippen molar-refractivity contribution in [2.45, 2.75) is 52.0 Å². The van der Waals surface area contributed by atoms with E-state index in [1.54, 1.807) is 7.05 Å². The summed E-state index contributed by atoms with van der Waals surface area (Å²) in [6, 6.07) is 6.05. The SMILES string of the molecule is Cc1cccc(NC(=O)CN(C)C(=O)C2CC(=O)N(C3CCCC3)C2)c1C. The first-order chi connectivity index (χ1) is 12.9. The van der Waals surface area contributed by atoms with Gasteiger partial charge in [0, 0.05) is 31.7 Å². The van der Waals surface area contributed by atoms with Gasteiger partial charge in [0.05, 0.1) is 12.5 Å². The number of anilines is 1. The minimum atomic E-state index is -0.336. The Morgan fingerprint density at radius 3 is 2.63 bits per heavy atom. The average molecular weight is 371 g/mol. The van der Waals surface area contributed by atoms with Crippen molar-refractivity contribution >= 4 is 23.4 Å². The van der Waals surface area contributed by atoms with Crippen LogP contribution in [0.25, 0.3) is 0 Å². The molecule has 3 amide bonds. The van der Waals surface area contributed by atoms with Gasteiger partial charge in [0.2, 0.25) is 17.7 Å². The van der Waals surface area contributed by atoms with E-state index in [0.717, 1.165) is 42.5 Å². The quantitative estimate of drug-likeness (QED) is 0.864. The molecule has 1 aliphatic heterocycles. The summed E-state index contributed by atoms with van der Waals surface area (Å²) in [7, 11) is 1.63. The summed E-state index contributed by atoms with van der Waals surface area (Å²) in [5, 5.41) is 2.88. The molecule has 0 spiro atoms. The Bertz CT molecular complexity index is 740.